The van der Waals surface area contributed by atoms with Gasteiger partial charge in [-0.05, 0) is 61.7 Å². The minimum atomic E-state index is -4.17. The van der Waals surface area contributed by atoms with Gasteiger partial charge in [-0.25, -0.2) is 8.42 Å². The molecule has 1 N–H and O–H groups in total. The molecule has 1 atom stereocenters. The summed E-state index contributed by atoms with van der Waals surface area (Å²) in [6.07, 6.45) is 0.323. The number of anilines is 1. The lowest BCUT2D eigenvalue weighted by molar-refractivity contribution is -0.140. The number of nitrogens with zero attached hydrogens (tertiary/aromatic N) is 2. The van der Waals surface area contributed by atoms with Crippen LogP contribution in [-0.2, 0) is 26.2 Å². The Morgan fingerprint density at radius 1 is 0.895 bits per heavy atom. The van der Waals surface area contributed by atoms with Gasteiger partial charge in [-0.15, -0.1) is 0 Å². The van der Waals surface area contributed by atoms with Gasteiger partial charge in [-0.2, -0.15) is 0 Å². The van der Waals surface area contributed by atoms with Crippen LogP contribution in [0.25, 0.3) is 0 Å². The standard InChI is InChI=1S/C28H31Cl2N3O4S/c1-4-25(28(35)31-5-2)32(18-21-12-9-10-15-24(21)30)27(34)19-33(26-17-11-16-23(29)20(26)3)38(36,37)22-13-7-6-8-14-22/h6-17,25H,4-5,18-19H2,1-3H3,(H,31,35)/t25-/m1/s1. The van der Waals surface area contributed by atoms with Crippen LogP contribution in [0.5, 0.6) is 0 Å². The number of benzene rings is 3. The molecule has 0 aromatic heterocycles. The quantitative estimate of drug-likeness (QED) is 0.330. The fraction of sp³-hybridized carbons (Fsp3) is 0.286. The predicted octanol–water partition coefficient (Wildman–Crippen LogP) is 5.44. The summed E-state index contributed by atoms with van der Waals surface area (Å²) in [7, 11) is -4.17. The zero-order valence-electron chi connectivity index (χ0n) is 21.5. The van der Waals surface area contributed by atoms with Crippen LogP contribution in [0.15, 0.2) is 77.7 Å². The highest BCUT2D eigenvalue weighted by Gasteiger charge is 2.34. The number of carbonyl (C=O) groups excluding carboxylic acids is 2. The van der Waals surface area contributed by atoms with E-state index in [2.05, 4.69) is 5.32 Å². The van der Waals surface area contributed by atoms with Gasteiger partial charge in [0, 0.05) is 23.1 Å². The van der Waals surface area contributed by atoms with E-state index in [9.17, 15) is 18.0 Å². The molecule has 0 bridgehead atoms. The molecule has 0 fully saturated rings. The third-order valence-electron chi connectivity index (χ3n) is 6.15. The Bertz CT molecular complexity index is 1380. The van der Waals surface area contributed by atoms with Crippen molar-refractivity contribution in [2.24, 2.45) is 0 Å². The molecule has 10 heteroatoms. The van der Waals surface area contributed by atoms with Crippen LogP contribution < -0.4 is 9.62 Å². The van der Waals surface area contributed by atoms with Crippen LogP contribution in [0.1, 0.15) is 31.4 Å². The van der Waals surface area contributed by atoms with E-state index in [4.69, 9.17) is 23.2 Å². The highest BCUT2D eigenvalue weighted by atomic mass is 35.5. The fourth-order valence-corrected chi connectivity index (χ4v) is 5.98. The van der Waals surface area contributed by atoms with Crippen LogP contribution in [0.4, 0.5) is 5.69 Å². The minimum absolute atomic E-state index is 0.0283. The number of carbonyl (C=O) groups is 2. The topological polar surface area (TPSA) is 86.8 Å². The minimum Gasteiger partial charge on any atom is -0.355 e. The number of hydrogen-bond acceptors (Lipinski definition) is 4. The first-order chi connectivity index (χ1) is 18.1. The van der Waals surface area contributed by atoms with Crippen LogP contribution in [0, 0.1) is 6.92 Å². The van der Waals surface area contributed by atoms with E-state index in [1.807, 2.05) is 0 Å². The molecule has 0 saturated heterocycles. The maximum absolute atomic E-state index is 14.0. The Hall–Kier alpha value is -3.07. The maximum Gasteiger partial charge on any atom is 0.264 e. The molecule has 3 aromatic carbocycles. The van der Waals surface area contributed by atoms with Crippen LogP contribution in [0.3, 0.4) is 0 Å². The van der Waals surface area contributed by atoms with E-state index in [-0.39, 0.29) is 23.0 Å². The summed E-state index contributed by atoms with van der Waals surface area (Å²) < 4.78 is 28.8. The lowest BCUT2D eigenvalue weighted by Gasteiger charge is -2.33. The van der Waals surface area contributed by atoms with E-state index in [1.54, 1.807) is 81.4 Å². The second kappa shape index (κ2) is 13.1. The molecule has 2 amide bonds. The lowest BCUT2D eigenvalue weighted by atomic mass is 10.1. The molecule has 7 nitrogen and oxygen atoms in total. The smallest absolute Gasteiger partial charge is 0.264 e. The SMILES string of the molecule is CCNC(=O)[C@@H](CC)N(Cc1ccccc1Cl)C(=O)CN(c1cccc(Cl)c1C)S(=O)(=O)c1ccccc1. The van der Waals surface area contributed by atoms with Gasteiger partial charge in [0.1, 0.15) is 12.6 Å². The second-order valence-electron chi connectivity index (χ2n) is 8.64. The molecule has 0 spiro atoms. The Morgan fingerprint density at radius 3 is 2.16 bits per heavy atom. The number of likely N-dealkylation sites (N-methyl/N-ethyl adjacent to an activating group) is 1. The van der Waals surface area contributed by atoms with Gasteiger partial charge < -0.3 is 10.2 Å². The van der Waals surface area contributed by atoms with Gasteiger partial charge in [0.2, 0.25) is 11.8 Å². The van der Waals surface area contributed by atoms with Crippen molar-refractivity contribution in [2.75, 3.05) is 17.4 Å². The summed E-state index contributed by atoms with van der Waals surface area (Å²) in [5.74, 6) is -0.881. The summed E-state index contributed by atoms with van der Waals surface area (Å²) >= 11 is 12.7. The molecular formula is C28H31Cl2N3O4S. The first-order valence-electron chi connectivity index (χ1n) is 12.2. The Morgan fingerprint density at radius 2 is 1.53 bits per heavy atom. The maximum atomic E-state index is 14.0. The average Bonchev–Trinajstić information content (AvgIpc) is 2.90. The molecule has 38 heavy (non-hydrogen) atoms. The van der Waals surface area contributed by atoms with Crippen LogP contribution in [-0.4, -0.2) is 44.3 Å². The van der Waals surface area contributed by atoms with E-state index in [1.165, 1.54) is 17.0 Å². The van der Waals surface area contributed by atoms with E-state index in [0.717, 1.165) is 4.31 Å². The van der Waals surface area contributed by atoms with Crippen molar-refractivity contribution < 1.29 is 18.0 Å². The van der Waals surface area contributed by atoms with Gasteiger partial charge >= 0.3 is 0 Å². The molecule has 0 aliphatic rings. The van der Waals surface area contributed by atoms with Gasteiger partial charge in [-0.1, -0.05) is 72.6 Å². The van der Waals surface area contributed by atoms with Crippen molar-refractivity contribution >= 4 is 50.7 Å². The van der Waals surface area contributed by atoms with Gasteiger partial charge in [0.25, 0.3) is 10.0 Å². The zero-order chi connectivity index (χ0) is 27.9. The molecule has 202 valence electrons. The summed E-state index contributed by atoms with van der Waals surface area (Å²) in [6.45, 7) is 5.16. The summed E-state index contributed by atoms with van der Waals surface area (Å²) in [5.41, 5.74) is 1.43. The van der Waals surface area contributed by atoms with Crippen molar-refractivity contribution in [3.63, 3.8) is 0 Å². The Balaban J connectivity index is 2.11. The van der Waals surface area contributed by atoms with Gasteiger partial charge in [0.05, 0.1) is 10.6 Å². The molecule has 0 radical (unpaired) electrons. The molecule has 0 heterocycles. The lowest BCUT2D eigenvalue weighted by Crippen LogP contribution is -2.52. The summed E-state index contributed by atoms with van der Waals surface area (Å²) in [6, 6.07) is 19.0. The molecule has 3 rings (SSSR count). The van der Waals surface area contributed by atoms with E-state index in [0.29, 0.717) is 34.1 Å². The average molecular weight is 577 g/mol. The third-order valence-corrected chi connectivity index (χ3v) is 8.71. The highest BCUT2D eigenvalue weighted by molar-refractivity contribution is 7.92. The van der Waals surface area contributed by atoms with E-state index < -0.39 is 28.5 Å². The summed E-state index contributed by atoms with van der Waals surface area (Å²) in [4.78, 5) is 28.4. The van der Waals surface area contributed by atoms with Gasteiger partial charge in [0.15, 0.2) is 0 Å². The number of amides is 2. The van der Waals surface area contributed by atoms with Crippen molar-refractivity contribution in [3.05, 3.63) is 94.0 Å². The molecule has 0 aliphatic heterocycles. The Kier molecular flexibility index (Phi) is 10.2. The fourth-order valence-electron chi connectivity index (χ4n) is 4.12. The van der Waals surface area contributed by atoms with E-state index >= 15 is 0 Å². The monoisotopic (exact) mass is 575 g/mol. The Labute approximate surface area is 234 Å². The first kappa shape index (κ1) is 29.5. The number of sulfonamides is 1. The normalized spacial score (nSPS) is 12.0. The third kappa shape index (κ3) is 6.67. The predicted molar refractivity (Wildman–Crippen MR) is 152 cm³/mol. The first-order valence-corrected chi connectivity index (χ1v) is 14.4. The van der Waals surface area contributed by atoms with Crippen molar-refractivity contribution in [1.29, 1.82) is 0 Å². The molecule has 0 aliphatic carbocycles. The highest BCUT2D eigenvalue weighted by Crippen LogP contribution is 2.31. The number of rotatable bonds is 11. The van der Waals surface area contributed by atoms with Crippen molar-refractivity contribution in [1.82, 2.24) is 10.2 Å². The van der Waals surface area contributed by atoms with Gasteiger partial charge in [-0.3, -0.25) is 13.9 Å². The van der Waals surface area contributed by atoms with Crippen LogP contribution >= 0.6 is 23.2 Å². The number of nitrogens with one attached hydrogen (secondary N) is 1. The molecule has 0 saturated carbocycles. The van der Waals surface area contributed by atoms with Crippen molar-refractivity contribution in [2.45, 2.75) is 44.7 Å². The molecule has 0 unspecified atom stereocenters. The largest absolute Gasteiger partial charge is 0.355 e. The molecule has 3 aromatic rings. The number of hydrogen-bond donors (Lipinski definition) is 1. The summed E-state index contributed by atoms with van der Waals surface area (Å²) in [5, 5.41) is 3.58. The molecular weight excluding hydrogens is 545 g/mol. The second-order valence-corrected chi connectivity index (χ2v) is 11.3. The zero-order valence-corrected chi connectivity index (χ0v) is 23.9. The number of halogens is 2. The van der Waals surface area contributed by atoms with Crippen LogP contribution in [0.2, 0.25) is 10.0 Å². The van der Waals surface area contributed by atoms with Crippen molar-refractivity contribution in [3.8, 4) is 0 Å².